The third-order valence-corrected chi connectivity index (χ3v) is 4.63. The summed E-state index contributed by atoms with van der Waals surface area (Å²) in [6.45, 7) is 0. The van der Waals surface area contributed by atoms with Gasteiger partial charge in [-0.3, -0.25) is 4.79 Å². The molecule has 5 heteroatoms. The minimum Gasteiger partial charge on any atom is -0.377 e. The standard InChI is InChI=1S/C16H15FN2OS/c17-14-6-5-11(7-13(14)16(18)20)19-15-9-21-8-10-3-1-2-4-12(10)15/h1-7,15,19H,8-9H2,(H2,18,20). The molecule has 108 valence electrons. The first-order valence-electron chi connectivity index (χ1n) is 6.66. The van der Waals surface area contributed by atoms with Crippen LogP contribution in [0.1, 0.15) is 27.5 Å². The minimum atomic E-state index is -0.755. The molecule has 1 aliphatic rings. The zero-order valence-corrected chi connectivity index (χ0v) is 12.1. The van der Waals surface area contributed by atoms with Gasteiger partial charge in [0.1, 0.15) is 5.82 Å². The van der Waals surface area contributed by atoms with Crippen LogP contribution in [0.4, 0.5) is 10.1 Å². The number of halogens is 1. The molecule has 0 aromatic heterocycles. The molecule has 3 nitrogen and oxygen atoms in total. The Morgan fingerprint density at radius 3 is 2.90 bits per heavy atom. The van der Waals surface area contributed by atoms with E-state index in [1.807, 2.05) is 23.9 Å². The number of thioether (sulfide) groups is 1. The zero-order valence-electron chi connectivity index (χ0n) is 11.3. The average Bonchev–Trinajstić information content (AvgIpc) is 2.49. The number of hydrogen-bond donors (Lipinski definition) is 2. The normalized spacial score (nSPS) is 17.1. The number of carbonyl (C=O) groups is 1. The third-order valence-electron chi connectivity index (χ3n) is 3.55. The van der Waals surface area contributed by atoms with E-state index in [9.17, 15) is 9.18 Å². The monoisotopic (exact) mass is 302 g/mol. The summed E-state index contributed by atoms with van der Waals surface area (Å²) in [6.07, 6.45) is 0. The lowest BCUT2D eigenvalue weighted by Gasteiger charge is -2.27. The van der Waals surface area contributed by atoms with E-state index >= 15 is 0 Å². The first kappa shape index (κ1) is 13.9. The lowest BCUT2D eigenvalue weighted by Crippen LogP contribution is -2.19. The zero-order chi connectivity index (χ0) is 14.8. The minimum absolute atomic E-state index is 0.0863. The van der Waals surface area contributed by atoms with E-state index in [1.165, 1.54) is 23.3 Å². The summed E-state index contributed by atoms with van der Waals surface area (Å²) in [5.41, 5.74) is 8.36. The van der Waals surface area contributed by atoms with E-state index in [1.54, 1.807) is 6.07 Å². The average molecular weight is 302 g/mol. The third kappa shape index (κ3) is 2.88. The summed E-state index contributed by atoms with van der Waals surface area (Å²) in [4.78, 5) is 11.2. The van der Waals surface area contributed by atoms with Crippen LogP contribution in [0.3, 0.4) is 0 Å². The Morgan fingerprint density at radius 1 is 1.29 bits per heavy atom. The molecule has 1 unspecified atom stereocenters. The Labute approximate surface area is 126 Å². The molecule has 0 fully saturated rings. The highest BCUT2D eigenvalue weighted by Crippen LogP contribution is 2.34. The predicted molar refractivity (Wildman–Crippen MR) is 83.9 cm³/mol. The summed E-state index contributed by atoms with van der Waals surface area (Å²) in [5.74, 6) is 0.589. The van der Waals surface area contributed by atoms with E-state index in [0.717, 1.165) is 11.5 Å². The maximum absolute atomic E-state index is 13.5. The summed E-state index contributed by atoms with van der Waals surface area (Å²) in [5, 5.41) is 3.36. The lowest BCUT2D eigenvalue weighted by molar-refractivity contribution is 0.0996. The number of primary amides is 1. The second kappa shape index (κ2) is 5.77. The number of fused-ring (bicyclic) bond motifs is 1. The largest absolute Gasteiger partial charge is 0.377 e. The second-order valence-corrected chi connectivity index (χ2v) is 6.00. The summed E-state index contributed by atoms with van der Waals surface area (Å²) < 4.78 is 13.5. The van der Waals surface area contributed by atoms with Crippen molar-refractivity contribution in [2.75, 3.05) is 11.1 Å². The molecule has 0 aliphatic carbocycles. The van der Waals surface area contributed by atoms with E-state index in [2.05, 4.69) is 17.4 Å². The van der Waals surface area contributed by atoms with Gasteiger partial charge in [0.2, 0.25) is 0 Å². The summed E-state index contributed by atoms with van der Waals surface area (Å²) >= 11 is 1.85. The van der Waals surface area contributed by atoms with Crippen molar-refractivity contribution < 1.29 is 9.18 Å². The maximum Gasteiger partial charge on any atom is 0.251 e. The number of carbonyl (C=O) groups excluding carboxylic acids is 1. The van der Waals surface area contributed by atoms with Gasteiger partial charge >= 0.3 is 0 Å². The Hall–Kier alpha value is -2.01. The van der Waals surface area contributed by atoms with Gasteiger partial charge < -0.3 is 11.1 Å². The van der Waals surface area contributed by atoms with Gasteiger partial charge in [-0.2, -0.15) is 11.8 Å². The highest BCUT2D eigenvalue weighted by molar-refractivity contribution is 7.98. The number of amides is 1. The van der Waals surface area contributed by atoms with Crippen LogP contribution < -0.4 is 11.1 Å². The van der Waals surface area contributed by atoms with Crippen molar-refractivity contribution in [1.82, 2.24) is 0 Å². The fourth-order valence-electron chi connectivity index (χ4n) is 2.51. The van der Waals surface area contributed by atoms with E-state index in [-0.39, 0.29) is 11.6 Å². The molecule has 2 aromatic rings. The van der Waals surface area contributed by atoms with Crippen LogP contribution in [0.25, 0.3) is 0 Å². The van der Waals surface area contributed by atoms with Crippen molar-refractivity contribution in [3.63, 3.8) is 0 Å². The lowest BCUT2D eigenvalue weighted by atomic mass is 10.0. The van der Waals surface area contributed by atoms with Crippen LogP contribution in [0.2, 0.25) is 0 Å². The summed E-state index contributed by atoms with van der Waals surface area (Å²) in [6, 6.07) is 12.8. The fourth-order valence-corrected chi connectivity index (χ4v) is 3.61. The number of anilines is 1. The van der Waals surface area contributed by atoms with Gasteiger partial charge in [-0.05, 0) is 29.3 Å². The van der Waals surface area contributed by atoms with Gasteiger partial charge in [0.15, 0.2) is 0 Å². The van der Waals surface area contributed by atoms with Crippen molar-refractivity contribution in [3.05, 3.63) is 65.0 Å². The molecular weight excluding hydrogens is 287 g/mol. The van der Waals surface area contributed by atoms with Gasteiger partial charge in [0.25, 0.3) is 5.91 Å². The number of nitrogens with one attached hydrogen (secondary N) is 1. The molecule has 0 saturated carbocycles. The first-order valence-corrected chi connectivity index (χ1v) is 7.82. The van der Waals surface area contributed by atoms with Crippen LogP contribution in [-0.2, 0) is 5.75 Å². The SMILES string of the molecule is NC(=O)c1cc(NC2CSCc3ccccc32)ccc1F. The first-order chi connectivity index (χ1) is 10.1. The van der Waals surface area contributed by atoms with Crippen LogP contribution in [0.5, 0.6) is 0 Å². The Balaban J connectivity index is 1.88. The molecule has 0 radical (unpaired) electrons. The highest BCUT2D eigenvalue weighted by Gasteiger charge is 2.20. The Bertz CT molecular complexity index is 690. The van der Waals surface area contributed by atoms with Crippen molar-refractivity contribution in [1.29, 1.82) is 0 Å². The molecule has 0 saturated heterocycles. The number of hydrogen-bond acceptors (Lipinski definition) is 3. The Kier molecular flexibility index (Phi) is 3.84. The fraction of sp³-hybridized carbons (Fsp3) is 0.188. The van der Waals surface area contributed by atoms with Crippen molar-refractivity contribution in [3.8, 4) is 0 Å². The maximum atomic E-state index is 13.5. The molecule has 1 heterocycles. The van der Waals surface area contributed by atoms with Gasteiger partial charge in [-0.1, -0.05) is 24.3 Å². The van der Waals surface area contributed by atoms with E-state index in [4.69, 9.17) is 5.73 Å². The molecule has 3 N–H and O–H groups in total. The van der Waals surface area contributed by atoms with Crippen molar-refractivity contribution in [2.45, 2.75) is 11.8 Å². The van der Waals surface area contributed by atoms with Gasteiger partial charge in [0.05, 0.1) is 11.6 Å². The van der Waals surface area contributed by atoms with Crippen LogP contribution >= 0.6 is 11.8 Å². The number of rotatable bonds is 3. The van der Waals surface area contributed by atoms with Crippen LogP contribution in [0.15, 0.2) is 42.5 Å². The van der Waals surface area contributed by atoms with Crippen LogP contribution in [-0.4, -0.2) is 11.7 Å². The number of benzene rings is 2. The van der Waals surface area contributed by atoms with E-state index < -0.39 is 11.7 Å². The van der Waals surface area contributed by atoms with Gasteiger partial charge in [-0.15, -0.1) is 0 Å². The molecule has 2 aromatic carbocycles. The molecule has 0 spiro atoms. The smallest absolute Gasteiger partial charge is 0.251 e. The molecule has 1 atom stereocenters. The molecule has 3 rings (SSSR count). The molecule has 1 aliphatic heterocycles. The van der Waals surface area contributed by atoms with Crippen molar-refractivity contribution in [2.24, 2.45) is 5.73 Å². The quantitative estimate of drug-likeness (QED) is 0.914. The molecule has 1 amide bonds. The predicted octanol–water partition coefficient (Wildman–Crippen LogP) is 3.32. The molecule has 21 heavy (non-hydrogen) atoms. The van der Waals surface area contributed by atoms with E-state index in [0.29, 0.717) is 5.69 Å². The number of nitrogens with two attached hydrogens (primary N) is 1. The van der Waals surface area contributed by atoms with Crippen molar-refractivity contribution >= 4 is 23.4 Å². The molecule has 0 bridgehead atoms. The second-order valence-electron chi connectivity index (χ2n) is 4.97. The highest BCUT2D eigenvalue weighted by atomic mass is 32.2. The Morgan fingerprint density at radius 2 is 2.10 bits per heavy atom. The van der Waals surface area contributed by atoms with Crippen LogP contribution in [0, 0.1) is 5.82 Å². The van der Waals surface area contributed by atoms with Gasteiger partial charge in [0, 0.05) is 17.2 Å². The topological polar surface area (TPSA) is 55.1 Å². The molecular formula is C16H15FN2OS. The summed E-state index contributed by atoms with van der Waals surface area (Å²) in [7, 11) is 0. The van der Waals surface area contributed by atoms with Gasteiger partial charge in [-0.25, -0.2) is 4.39 Å².